The number of piperidine rings is 1. The molecule has 2 aliphatic rings. The predicted octanol–water partition coefficient (Wildman–Crippen LogP) is 6.87. The number of ether oxygens (including phenoxy) is 2. The standard InChI is InChI=1S/C35H42ClN3O4/c1-6-22(2)43-33-21-31-27(19-32(33)42-5)20-34(41)39(35(31)26-7-11-28(36)12-8-26)30-13-9-25(10-14-30)23(3)38-17-15-29(16-18-38)37-24(4)40/h7-14,19,21-23,29,35H,6,15-18,20H2,1-5H3,(H,37,40). The lowest BCUT2D eigenvalue weighted by Crippen LogP contribution is -2.44. The summed E-state index contributed by atoms with van der Waals surface area (Å²) in [6, 6.07) is 20.2. The molecule has 1 saturated heterocycles. The summed E-state index contributed by atoms with van der Waals surface area (Å²) in [5.74, 6) is 1.36. The number of carbonyl (C=O) groups is 2. The highest BCUT2D eigenvalue weighted by Gasteiger charge is 2.36. The molecule has 8 heteroatoms. The van der Waals surface area contributed by atoms with Crippen molar-refractivity contribution in [3.8, 4) is 11.5 Å². The molecule has 228 valence electrons. The van der Waals surface area contributed by atoms with E-state index in [0.29, 0.717) is 16.5 Å². The Bertz CT molecular complexity index is 1430. The fourth-order valence-corrected chi connectivity index (χ4v) is 6.34. The van der Waals surface area contributed by atoms with Gasteiger partial charge in [-0.05, 0) is 91.8 Å². The minimum Gasteiger partial charge on any atom is -0.493 e. The Balaban J connectivity index is 1.46. The van der Waals surface area contributed by atoms with Gasteiger partial charge in [0.25, 0.3) is 0 Å². The van der Waals surface area contributed by atoms with Gasteiger partial charge in [-0.15, -0.1) is 0 Å². The summed E-state index contributed by atoms with van der Waals surface area (Å²) in [6.07, 6.45) is 3.04. The molecule has 3 aromatic rings. The van der Waals surface area contributed by atoms with Gasteiger partial charge in [-0.3, -0.25) is 14.5 Å². The van der Waals surface area contributed by atoms with Crippen molar-refractivity contribution in [1.82, 2.24) is 10.2 Å². The van der Waals surface area contributed by atoms with E-state index in [9.17, 15) is 9.59 Å². The van der Waals surface area contributed by atoms with Gasteiger partial charge in [0.1, 0.15) is 0 Å². The highest BCUT2D eigenvalue weighted by atomic mass is 35.5. The summed E-state index contributed by atoms with van der Waals surface area (Å²) in [5, 5.41) is 3.70. The van der Waals surface area contributed by atoms with Crippen LogP contribution in [0, 0.1) is 0 Å². The Morgan fingerprint density at radius 3 is 2.30 bits per heavy atom. The minimum atomic E-state index is -0.352. The van der Waals surface area contributed by atoms with E-state index in [1.165, 1.54) is 5.56 Å². The lowest BCUT2D eigenvalue weighted by Gasteiger charge is -2.39. The van der Waals surface area contributed by atoms with E-state index >= 15 is 0 Å². The van der Waals surface area contributed by atoms with E-state index in [0.717, 1.165) is 54.7 Å². The monoisotopic (exact) mass is 603 g/mol. The van der Waals surface area contributed by atoms with Gasteiger partial charge >= 0.3 is 0 Å². The molecule has 3 unspecified atom stereocenters. The molecule has 3 atom stereocenters. The number of halogens is 1. The van der Waals surface area contributed by atoms with Gasteiger partial charge in [-0.25, -0.2) is 0 Å². The minimum absolute atomic E-state index is 0.0194. The first-order valence-corrected chi connectivity index (χ1v) is 15.6. The van der Waals surface area contributed by atoms with Gasteiger partial charge in [-0.2, -0.15) is 0 Å². The molecule has 3 aromatic carbocycles. The number of methoxy groups -OCH3 is 1. The average molecular weight is 604 g/mol. The number of benzene rings is 3. The van der Waals surface area contributed by atoms with Crippen molar-refractivity contribution in [2.45, 2.75) is 77.6 Å². The van der Waals surface area contributed by atoms with E-state index < -0.39 is 0 Å². The van der Waals surface area contributed by atoms with Crippen LogP contribution in [0.5, 0.6) is 11.5 Å². The van der Waals surface area contributed by atoms with Crippen LogP contribution in [0.2, 0.25) is 5.02 Å². The van der Waals surface area contributed by atoms with Gasteiger partial charge < -0.3 is 19.7 Å². The maximum Gasteiger partial charge on any atom is 0.232 e. The second-order valence-electron chi connectivity index (χ2n) is 11.7. The first-order valence-electron chi connectivity index (χ1n) is 15.2. The third-order valence-electron chi connectivity index (χ3n) is 8.82. The Kier molecular flexibility index (Phi) is 9.62. The van der Waals surface area contributed by atoms with Crippen LogP contribution in [-0.2, 0) is 16.0 Å². The summed E-state index contributed by atoms with van der Waals surface area (Å²) < 4.78 is 12.0. The van der Waals surface area contributed by atoms with E-state index in [2.05, 4.69) is 48.3 Å². The van der Waals surface area contributed by atoms with Crippen LogP contribution in [0.25, 0.3) is 0 Å². The molecule has 2 heterocycles. The van der Waals surface area contributed by atoms with Crippen molar-refractivity contribution in [1.29, 1.82) is 0 Å². The fourth-order valence-electron chi connectivity index (χ4n) is 6.22. The van der Waals surface area contributed by atoms with Crippen LogP contribution in [0.1, 0.15) is 81.3 Å². The number of carbonyl (C=O) groups excluding carboxylic acids is 2. The highest BCUT2D eigenvalue weighted by molar-refractivity contribution is 6.30. The quantitative estimate of drug-likeness (QED) is 0.289. The third-order valence-corrected chi connectivity index (χ3v) is 9.07. The molecule has 0 aliphatic carbocycles. The van der Waals surface area contributed by atoms with Crippen molar-refractivity contribution in [2.24, 2.45) is 0 Å². The molecule has 43 heavy (non-hydrogen) atoms. The summed E-state index contributed by atoms with van der Waals surface area (Å²) in [6.45, 7) is 9.79. The number of hydrogen-bond acceptors (Lipinski definition) is 5. The maximum atomic E-state index is 13.9. The molecule has 1 N–H and O–H groups in total. The molecule has 5 rings (SSSR count). The first kappa shape index (κ1) is 30.9. The fraction of sp³-hybridized carbons (Fsp3) is 0.429. The lowest BCUT2D eigenvalue weighted by molar-refractivity contribution is -0.120. The van der Waals surface area contributed by atoms with Crippen LogP contribution in [0.3, 0.4) is 0 Å². The average Bonchev–Trinajstić information content (AvgIpc) is 3.00. The summed E-state index contributed by atoms with van der Waals surface area (Å²) in [4.78, 5) is 29.7. The zero-order valence-corrected chi connectivity index (χ0v) is 26.5. The molecule has 2 aliphatic heterocycles. The Morgan fingerprint density at radius 1 is 1.02 bits per heavy atom. The van der Waals surface area contributed by atoms with Crippen LogP contribution in [-0.4, -0.2) is 49.1 Å². The normalized spacial score (nSPS) is 19.0. The van der Waals surface area contributed by atoms with Crippen molar-refractivity contribution in [2.75, 3.05) is 25.1 Å². The molecule has 0 radical (unpaired) electrons. The number of anilines is 1. The van der Waals surface area contributed by atoms with Gasteiger partial charge in [0, 0.05) is 42.8 Å². The summed E-state index contributed by atoms with van der Waals surface area (Å²) >= 11 is 6.27. The SMILES string of the molecule is CCC(C)Oc1cc2c(cc1OC)CC(=O)N(c1ccc(C(C)N3CCC(NC(C)=O)CC3)cc1)C2c1ccc(Cl)cc1. The smallest absolute Gasteiger partial charge is 0.232 e. The number of nitrogens with zero attached hydrogens (tertiary/aromatic N) is 2. The van der Waals surface area contributed by atoms with E-state index in [1.807, 2.05) is 48.2 Å². The van der Waals surface area contributed by atoms with E-state index in [1.54, 1.807) is 14.0 Å². The van der Waals surface area contributed by atoms with Crippen LogP contribution in [0.4, 0.5) is 5.69 Å². The number of likely N-dealkylation sites (tertiary alicyclic amines) is 1. The van der Waals surface area contributed by atoms with Crippen molar-refractivity contribution >= 4 is 29.1 Å². The number of nitrogens with one attached hydrogen (secondary N) is 1. The summed E-state index contributed by atoms with van der Waals surface area (Å²) in [5.41, 5.74) is 4.96. The number of rotatable bonds is 9. The highest BCUT2D eigenvalue weighted by Crippen LogP contribution is 2.44. The molecule has 7 nitrogen and oxygen atoms in total. The van der Waals surface area contributed by atoms with Gasteiger partial charge in [0.15, 0.2) is 11.5 Å². The molecule has 0 aromatic heterocycles. The zero-order valence-electron chi connectivity index (χ0n) is 25.7. The Hall–Kier alpha value is -3.55. The Morgan fingerprint density at radius 2 is 1.70 bits per heavy atom. The van der Waals surface area contributed by atoms with Crippen molar-refractivity contribution in [3.63, 3.8) is 0 Å². The van der Waals surface area contributed by atoms with Gasteiger partial charge in [0.2, 0.25) is 11.8 Å². The maximum absolute atomic E-state index is 13.9. The number of amides is 2. The molecular formula is C35H42ClN3O4. The van der Waals surface area contributed by atoms with E-state index in [4.69, 9.17) is 21.1 Å². The molecule has 0 spiro atoms. The van der Waals surface area contributed by atoms with Gasteiger partial charge in [-0.1, -0.05) is 42.8 Å². The summed E-state index contributed by atoms with van der Waals surface area (Å²) in [7, 11) is 1.63. The van der Waals surface area contributed by atoms with Crippen molar-refractivity contribution in [3.05, 3.63) is 87.9 Å². The number of hydrogen-bond donors (Lipinski definition) is 1. The predicted molar refractivity (Wildman–Crippen MR) is 171 cm³/mol. The molecule has 0 saturated carbocycles. The topological polar surface area (TPSA) is 71.1 Å². The van der Waals surface area contributed by atoms with Crippen LogP contribution in [0.15, 0.2) is 60.7 Å². The van der Waals surface area contributed by atoms with E-state index in [-0.39, 0.29) is 42.5 Å². The zero-order chi connectivity index (χ0) is 30.7. The first-order chi connectivity index (χ1) is 20.7. The lowest BCUT2D eigenvalue weighted by atomic mass is 9.86. The van der Waals surface area contributed by atoms with Crippen LogP contribution >= 0.6 is 11.6 Å². The third kappa shape index (κ3) is 6.84. The molecular weight excluding hydrogens is 562 g/mol. The number of fused-ring (bicyclic) bond motifs is 1. The molecule has 0 bridgehead atoms. The second-order valence-corrected chi connectivity index (χ2v) is 12.1. The van der Waals surface area contributed by atoms with Crippen molar-refractivity contribution < 1.29 is 19.1 Å². The Labute approximate surface area is 260 Å². The molecule has 2 amide bonds. The molecule has 1 fully saturated rings. The van der Waals surface area contributed by atoms with Gasteiger partial charge in [0.05, 0.1) is 25.7 Å². The second kappa shape index (κ2) is 13.4. The van der Waals surface area contributed by atoms with Crippen LogP contribution < -0.4 is 19.7 Å². The largest absolute Gasteiger partial charge is 0.493 e.